The molecule has 0 bridgehead atoms. The molecule has 0 aliphatic carbocycles. The van der Waals surface area contributed by atoms with Gasteiger partial charge in [0.2, 0.25) is 0 Å². The summed E-state index contributed by atoms with van der Waals surface area (Å²) in [5.74, 6) is 0. The predicted molar refractivity (Wildman–Crippen MR) is 74.1 cm³/mol. The van der Waals surface area contributed by atoms with Crippen LogP contribution in [0.2, 0.25) is 0 Å². The molecule has 2 rings (SSSR count). The lowest BCUT2D eigenvalue weighted by atomic mass is 10.2. The van der Waals surface area contributed by atoms with Crippen molar-refractivity contribution < 1.29 is 0 Å². The van der Waals surface area contributed by atoms with E-state index < -0.39 is 0 Å². The van der Waals surface area contributed by atoms with Crippen molar-refractivity contribution in [1.29, 1.82) is 0 Å². The molecular weight excluding hydrogens is 206 g/mol. The first-order valence-corrected chi connectivity index (χ1v) is 5.64. The van der Waals surface area contributed by atoms with Gasteiger partial charge in [0.25, 0.3) is 0 Å². The van der Waals surface area contributed by atoms with E-state index in [1.165, 1.54) is 11.1 Å². The number of hydrogen-bond acceptors (Lipinski definition) is 1. The Kier molecular flexibility index (Phi) is 4.18. The SMILES string of the molecule is C(=Cc1ccccc1)NC=Cc1ccccc1. The van der Waals surface area contributed by atoms with Crippen LogP contribution in [-0.4, -0.2) is 0 Å². The van der Waals surface area contributed by atoms with Crippen LogP contribution >= 0.6 is 0 Å². The van der Waals surface area contributed by atoms with Gasteiger partial charge in [-0.1, -0.05) is 60.7 Å². The maximum absolute atomic E-state index is 3.12. The van der Waals surface area contributed by atoms with Crippen molar-refractivity contribution in [2.45, 2.75) is 0 Å². The fraction of sp³-hybridized carbons (Fsp3) is 0. The Balaban J connectivity index is 1.84. The van der Waals surface area contributed by atoms with Crippen molar-refractivity contribution >= 4 is 12.2 Å². The molecule has 0 saturated heterocycles. The van der Waals surface area contributed by atoms with Crippen molar-refractivity contribution in [2.24, 2.45) is 0 Å². The number of hydrogen-bond donors (Lipinski definition) is 1. The molecule has 0 atom stereocenters. The zero-order chi connectivity index (χ0) is 11.8. The highest BCUT2D eigenvalue weighted by Gasteiger charge is 1.82. The lowest BCUT2D eigenvalue weighted by Gasteiger charge is -1.93. The highest BCUT2D eigenvalue weighted by molar-refractivity contribution is 5.51. The van der Waals surface area contributed by atoms with Gasteiger partial charge in [0, 0.05) is 12.4 Å². The van der Waals surface area contributed by atoms with Gasteiger partial charge in [0.05, 0.1) is 0 Å². The van der Waals surface area contributed by atoms with E-state index in [4.69, 9.17) is 0 Å². The molecule has 1 nitrogen and oxygen atoms in total. The van der Waals surface area contributed by atoms with Gasteiger partial charge in [-0.25, -0.2) is 0 Å². The normalized spacial score (nSPS) is 11.1. The molecular formula is C16H15N. The molecule has 0 aromatic heterocycles. The van der Waals surface area contributed by atoms with Gasteiger partial charge < -0.3 is 5.32 Å². The van der Waals surface area contributed by atoms with E-state index in [9.17, 15) is 0 Å². The van der Waals surface area contributed by atoms with Crippen LogP contribution in [-0.2, 0) is 0 Å². The van der Waals surface area contributed by atoms with E-state index in [2.05, 4.69) is 29.6 Å². The summed E-state index contributed by atoms with van der Waals surface area (Å²) in [6.45, 7) is 0. The summed E-state index contributed by atoms with van der Waals surface area (Å²) in [7, 11) is 0. The van der Waals surface area contributed by atoms with Crippen LogP contribution in [0.1, 0.15) is 11.1 Å². The fourth-order valence-electron chi connectivity index (χ4n) is 1.47. The second-order valence-corrected chi connectivity index (χ2v) is 3.65. The van der Waals surface area contributed by atoms with E-state index in [1.54, 1.807) is 0 Å². The van der Waals surface area contributed by atoms with E-state index >= 15 is 0 Å². The summed E-state index contributed by atoms with van der Waals surface area (Å²) in [6.07, 6.45) is 7.92. The van der Waals surface area contributed by atoms with Gasteiger partial charge >= 0.3 is 0 Å². The molecule has 84 valence electrons. The topological polar surface area (TPSA) is 12.0 Å². The summed E-state index contributed by atoms with van der Waals surface area (Å²) in [4.78, 5) is 0. The van der Waals surface area contributed by atoms with Crippen LogP contribution in [0.25, 0.3) is 12.2 Å². The highest BCUT2D eigenvalue weighted by Crippen LogP contribution is 2.01. The molecule has 17 heavy (non-hydrogen) atoms. The average Bonchev–Trinajstić information content (AvgIpc) is 2.41. The van der Waals surface area contributed by atoms with Crippen LogP contribution in [0, 0.1) is 0 Å². The maximum Gasteiger partial charge on any atom is 0.00104 e. The Labute approximate surface area is 102 Å². The molecule has 0 saturated carbocycles. The van der Waals surface area contributed by atoms with Crippen LogP contribution < -0.4 is 5.32 Å². The lowest BCUT2D eigenvalue weighted by Crippen LogP contribution is -1.90. The summed E-state index contributed by atoms with van der Waals surface area (Å²) in [5.41, 5.74) is 2.38. The van der Waals surface area contributed by atoms with E-state index in [-0.39, 0.29) is 0 Å². The van der Waals surface area contributed by atoms with Crippen molar-refractivity contribution in [1.82, 2.24) is 5.32 Å². The molecule has 2 aromatic rings. The molecule has 0 heterocycles. The Morgan fingerprint density at radius 3 is 1.41 bits per heavy atom. The zero-order valence-electron chi connectivity index (χ0n) is 9.58. The van der Waals surface area contributed by atoms with Crippen molar-refractivity contribution in [3.8, 4) is 0 Å². The monoisotopic (exact) mass is 221 g/mol. The minimum Gasteiger partial charge on any atom is -0.368 e. The average molecular weight is 221 g/mol. The molecule has 0 radical (unpaired) electrons. The molecule has 1 heteroatoms. The Morgan fingerprint density at radius 1 is 0.588 bits per heavy atom. The minimum absolute atomic E-state index is 1.19. The van der Waals surface area contributed by atoms with Crippen LogP contribution in [0.5, 0.6) is 0 Å². The molecule has 1 N–H and O–H groups in total. The van der Waals surface area contributed by atoms with E-state index in [0.717, 1.165) is 0 Å². The first-order chi connectivity index (χ1) is 8.45. The largest absolute Gasteiger partial charge is 0.368 e. The van der Waals surface area contributed by atoms with Gasteiger partial charge in [0.15, 0.2) is 0 Å². The summed E-state index contributed by atoms with van der Waals surface area (Å²) >= 11 is 0. The zero-order valence-corrected chi connectivity index (χ0v) is 9.58. The van der Waals surface area contributed by atoms with Crippen molar-refractivity contribution in [3.05, 3.63) is 84.2 Å². The molecule has 0 amide bonds. The maximum atomic E-state index is 3.12. The summed E-state index contributed by atoms with van der Waals surface area (Å²) < 4.78 is 0. The standard InChI is InChI=1S/C16H15N/c1-3-7-15(8-4-1)11-13-17-14-12-16-9-5-2-6-10-16/h1-14,17H. The molecule has 0 aliphatic heterocycles. The van der Waals surface area contributed by atoms with Crippen molar-refractivity contribution in [3.63, 3.8) is 0 Å². The smallest absolute Gasteiger partial charge is 0.00104 e. The Morgan fingerprint density at radius 2 is 1.00 bits per heavy atom. The molecule has 0 fully saturated rings. The number of nitrogens with one attached hydrogen (secondary N) is 1. The van der Waals surface area contributed by atoms with Gasteiger partial charge in [-0.15, -0.1) is 0 Å². The second kappa shape index (κ2) is 6.33. The first-order valence-electron chi connectivity index (χ1n) is 5.64. The molecule has 0 spiro atoms. The van der Waals surface area contributed by atoms with E-state index in [1.807, 2.05) is 61.0 Å². The Hall–Kier alpha value is -2.28. The molecule has 0 aliphatic rings. The first kappa shape index (κ1) is 11.2. The minimum atomic E-state index is 1.19. The Bertz CT molecular complexity index is 436. The second-order valence-electron chi connectivity index (χ2n) is 3.65. The molecule has 2 aromatic carbocycles. The van der Waals surface area contributed by atoms with Gasteiger partial charge in [-0.2, -0.15) is 0 Å². The van der Waals surface area contributed by atoms with Gasteiger partial charge in [-0.05, 0) is 23.3 Å². The van der Waals surface area contributed by atoms with Crippen molar-refractivity contribution in [2.75, 3.05) is 0 Å². The van der Waals surface area contributed by atoms with Crippen LogP contribution in [0.15, 0.2) is 73.1 Å². The quantitative estimate of drug-likeness (QED) is 0.825. The highest BCUT2D eigenvalue weighted by atomic mass is 14.8. The predicted octanol–water partition coefficient (Wildman–Crippen LogP) is 3.92. The lowest BCUT2D eigenvalue weighted by molar-refractivity contribution is 1.22. The fourth-order valence-corrected chi connectivity index (χ4v) is 1.47. The third kappa shape index (κ3) is 3.99. The number of rotatable bonds is 4. The van der Waals surface area contributed by atoms with Crippen LogP contribution in [0.4, 0.5) is 0 Å². The third-order valence-electron chi connectivity index (χ3n) is 2.34. The van der Waals surface area contributed by atoms with E-state index in [0.29, 0.717) is 0 Å². The van der Waals surface area contributed by atoms with Gasteiger partial charge in [-0.3, -0.25) is 0 Å². The van der Waals surface area contributed by atoms with Gasteiger partial charge in [0.1, 0.15) is 0 Å². The summed E-state index contributed by atoms with van der Waals surface area (Å²) in [5, 5.41) is 3.12. The van der Waals surface area contributed by atoms with Crippen LogP contribution in [0.3, 0.4) is 0 Å². The summed E-state index contributed by atoms with van der Waals surface area (Å²) in [6, 6.07) is 20.4. The third-order valence-corrected chi connectivity index (χ3v) is 2.34. The number of benzene rings is 2. The molecule has 0 unspecified atom stereocenters.